The fourth-order valence-corrected chi connectivity index (χ4v) is 3.42. The standard InChI is InChI=1S/C21H14F7N5O/c22-12-4-5-13(16(23)8-12)15(9-33-11-29-31-32-33)21(27,28)19-7-6-14-17(30-19)2-1-3-18(14)34-10-20(24,25)26/h1-8,11,15H,9-10H2. The molecule has 0 amide bonds. The van der Waals surface area contributed by atoms with Crippen molar-refractivity contribution in [2.75, 3.05) is 6.61 Å². The maximum absolute atomic E-state index is 15.7. The van der Waals surface area contributed by atoms with E-state index in [1.165, 1.54) is 18.2 Å². The van der Waals surface area contributed by atoms with Crippen LogP contribution in [-0.4, -0.2) is 38.0 Å². The monoisotopic (exact) mass is 485 g/mol. The average molecular weight is 485 g/mol. The van der Waals surface area contributed by atoms with Crippen molar-refractivity contribution in [2.45, 2.75) is 24.6 Å². The number of fused-ring (bicyclic) bond motifs is 1. The van der Waals surface area contributed by atoms with Crippen LogP contribution in [0.25, 0.3) is 10.9 Å². The van der Waals surface area contributed by atoms with Crippen LogP contribution in [0.2, 0.25) is 0 Å². The molecule has 2 heterocycles. The van der Waals surface area contributed by atoms with Crippen LogP contribution < -0.4 is 4.74 Å². The summed E-state index contributed by atoms with van der Waals surface area (Å²) in [5.41, 5.74) is -1.33. The number of rotatable bonds is 7. The Morgan fingerprint density at radius 2 is 1.76 bits per heavy atom. The van der Waals surface area contributed by atoms with Crippen LogP contribution in [-0.2, 0) is 12.5 Å². The van der Waals surface area contributed by atoms with Gasteiger partial charge in [0.2, 0.25) is 0 Å². The summed E-state index contributed by atoms with van der Waals surface area (Å²) in [7, 11) is 0. The molecule has 1 unspecified atom stereocenters. The zero-order chi connectivity index (χ0) is 24.5. The van der Waals surface area contributed by atoms with Gasteiger partial charge in [-0.15, -0.1) is 5.10 Å². The zero-order valence-electron chi connectivity index (χ0n) is 17.0. The molecular formula is C21H14F7N5O. The number of hydrogen-bond donors (Lipinski definition) is 0. The Balaban J connectivity index is 1.75. The van der Waals surface area contributed by atoms with Crippen molar-refractivity contribution in [2.24, 2.45) is 0 Å². The van der Waals surface area contributed by atoms with Gasteiger partial charge in [0.05, 0.1) is 18.0 Å². The van der Waals surface area contributed by atoms with E-state index >= 15 is 8.78 Å². The molecule has 0 saturated carbocycles. The van der Waals surface area contributed by atoms with E-state index < -0.39 is 54.1 Å². The average Bonchev–Trinajstić information content (AvgIpc) is 3.29. The largest absolute Gasteiger partial charge is 0.483 e. The van der Waals surface area contributed by atoms with Crippen molar-refractivity contribution in [1.29, 1.82) is 0 Å². The summed E-state index contributed by atoms with van der Waals surface area (Å²) in [5, 5.41) is 10.4. The highest BCUT2D eigenvalue weighted by Crippen LogP contribution is 2.44. The van der Waals surface area contributed by atoms with Gasteiger partial charge >= 0.3 is 6.18 Å². The van der Waals surface area contributed by atoms with E-state index in [2.05, 4.69) is 20.5 Å². The van der Waals surface area contributed by atoms with E-state index in [1.807, 2.05) is 0 Å². The van der Waals surface area contributed by atoms with Crippen LogP contribution in [0.3, 0.4) is 0 Å². The molecule has 0 radical (unpaired) electrons. The lowest BCUT2D eigenvalue weighted by Gasteiger charge is -2.27. The lowest BCUT2D eigenvalue weighted by atomic mass is 9.89. The Morgan fingerprint density at radius 1 is 0.971 bits per heavy atom. The molecule has 4 aromatic rings. The number of hydrogen-bond acceptors (Lipinski definition) is 5. The highest BCUT2D eigenvalue weighted by Gasteiger charge is 2.45. The number of benzene rings is 2. The van der Waals surface area contributed by atoms with Crippen LogP contribution in [0.1, 0.15) is 17.2 Å². The molecule has 0 spiro atoms. The van der Waals surface area contributed by atoms with Crippen molar-refractivity contribution < 1.29 is 35.5 Å². The number of nitrogens with zero attached hydrogens (tertiary/aromatic N) is 5. The summed E-state index contributed by atoms with van der Waals surface area (Å²) in [6.07, 6.45) is -3.53. The van der Waals surface area contributed by atoms with Crippen molar-refractivity contribution in [3.05, 3.63) is 77.8 Å². The van der Waals surface area contributed by atoms with Crippen molar-refractivity contribution in [3.8, 4) is 5.75 Å². The predicted octanol–water partition coefficient (Wildman–Crippen LogP) is 5.02. The van der Waals surface area contributed by atoms with Gasteiger partial charge in [-0.1, -0.05) is 12.1 Å². The molecule has 0 saturated heterocycles. The van der Waals surface area contributed by atoms with Gasteiger partial charge in [-0.2, -0.15) is 22.0 Å². The second-order valence-corrected chi connectivity index (χ2v) is 7.30. The molecule has 2 aromatic carbocycles. The Labute approximate surface area is 187 Å². The summed E-state index contributed by atoms with van der Waals surface area (Å²) >= 11 is 0. The lowest BCUT2D eigenvalue weighted by Crippen LogP contribution is -2.30. The number of tetrazole rings is 1. The third kappa shape index (κ3) is 4.92. The molecule has 4 rings (SSSR count). The first-order chi connectivity index (χ1) is 16.0. The molecule has 0 bridgehead atoms. The van der Waals surface area contributed by atoms with Gasteiger partial charge in [0, 0.05) is 11.5 Å². The number of aromatic nitrogens is 5. The van der Waals surface area contributed by atoms with Crippen LogP contribution in [0.5, 0.6) is 5.75 Å². The zero-order valence-corrected chi connectivity index (χ0v) is 17.0. The Hall–Kier alpha value is -3.77. The molecule has 6 nitrogen and oxygen atoms in total. The predicted molar refractivity (Wildman–Crippen MR) is 104 cm³/mol. The molecule has 0 aliphatic carbocycles. The molecule has 178 valence electrons. The summed E-state index contributed by atoms with van der Waals surface area (Å²) in [4.78, 5) is 3.91. The van der Waals surface area contributed by atoms with E-state index in [1.54, 1.807) is 0 Å². The summed E-state index contributed by atoms with van der Waals surface area (Å²) < 4.78 is 103. The highest BCUT2D eigenvalue weighted by molar-refractivity contribution is 5.85. The maximum atomic E-state index is 15.7. The normalized spacial score (nSPS) is 13.3. The Morgan fingerprint density at radius 3 is 2.44 bits per heavy atom. The fourth-order valence-electron chi connectivity index (χ4n) is 3.42. The van der Waals surface area contributed by atoms with E-state index in [0.29, 0.717) is 6.07 Å². The Kier molecular flexibility index (Phi) is 6.11. The van der Waals surface area contributed by atoms with E-state index in [9.17, 15) is 22.0 Å². The third-order valence-electron chi connectivity index (χ3n) is 4.96. The quantitative estimate of drug-likeness (QED) is 0.344. The van der Waals surface area contributed by atoms with Crippen molar-refractivity contribution in [1.82, 2.24) is 25.2 Å². The number of pyridine rings is 1. The highest BCUT2D eigenvalue weighted by atomic mass is 19.4. The first-order valence-corrected chi connectivity index (χ1v) is 9.68. The van der Waals surface area contributed by atoms with Gasteiger partial charge in [0.25, 0.3) is 5.92 Å². The maximum Gasteiger partial charge on any atom is 0.422 e. The molecule has 0 fully saturated rings. The van der Waals surface area contributed by atoms with Gasteiger partial charge in [-0.25, -0.2) is 18.4 Å². The van der Waals surface area contributed by atoms with Gasteiger partial charge in [0.1, 0.15) is 29.4 Å². The van der Waals surface area contributed by atoms with Crippen molar-refractivity contribution in [3.63, 3.8) is 0 Å². The van der Waals surface area contributed by atoms with Crippen LogP contribution in [0.4, 0.5) is 30.7 Å². The van der Waals surface area contributed by atoms with Gasteiger partial charge in [0.15, 0.2) is 6.61 Å². The summed E-state index contributed by atoms with van der Waals surface area (Å²) in [5.74, 6) is -8.04. The second-order valence-electron chi connectivity index (χ2n) is 7.30. The molecule has 0 aliphatic rings. The van der Waals surface area contributed by atoms with Crippen LogP contribution in [0.15, 0.2) is 54.9 Å². The Bertz CT molecular complexity index is 1290. The van der Waals surface area contributed by atoms with Gasteiger partial charge in [-0.3, -0.25) is 0 Å². The molecule has 13 heteroatoms. The van der Waals surface area contributed by atoms with Crippen LogP contribution >= 0.6 is 0 Å². The minimum absolute atomic E-state index is 0.0578. The molecule has 0 aliphatic heterocycles. The number of ether oxygens (including phenoxy) is 1. The van der Waals surface area contributed by atoms with Crippen LogP contribution in [0, 0.1) is 11.6 Å². The van der Waals surface area contributed by atoms with Crippen molar-refractivity contribution >= 4 is 10.9 Å². The molecule has 34 heavy (non-hydrogen) atoms. The number of alkyl halides is 5. The fraction of sp³-hybridized carbons (Fsp3) is 0.238. The first-order valence-electron chi connectivity index (χ1n) is 9.68. The second kappa shape index (κ2) is 8.88. The lowest BCUT2D eigenvalue weighted by molar-refractivity contribution is -0.153. The smallest absolute Gasteiger partial charge is 0.422 e. The topological polar surface area (TPSA) is 65.7 Å². The number of halogens is 7. The summed E-state index contributed by atoms with van der Waals surface area (Å²) in [6, 6.07) is 8.17. The minimum Gasteiger partial charge on any atom is -0.483 e. The molecular weight excluding hydrogens is 471 g/mol. The van der Waals surface area contributed by atoms with E-state index in [-0.39, 0.29) is 16.7 Å². The molecule has 2 aromatic heterocycles. The van der Waals surface area contributed by atoms with E-state index in [4.69, 9.17) is 4.74 Å². The van der Waals surface area contributed by atoms with Gasteiger partial charge in [-0.05, 0) is 46.3 Å². The van der Waals surface area contributed by atoms with E-state index in [0.717, 1.165) is 35.3 Å². The third-order valence-corrected chi connectivity index (χ3v) is 4.96. The molecule has 1 atom stereocenters. The first kappa shape index (κ1) is 23.4. The van der Waals surface area contributed by atoms with Gasteiger partial charge < -0.3 is 4.74 Å². The SMILES string of the molecule is Fc1ccc(C(Cn2cnnn2)C(F)(F)c2ccc3c(OCC(F)(F)F)cccc3n2)c(F)c1. The molecule has 0 N–H and O–H groups in total. The minimum atomic E-state index is -4.59. The summed E-state index contributed by atoms with van der Waals surface area (Å²) in [6.45, 7) is -2.14.